The average molecular weight is 281 g/mol. The van der Waals surface area contributed by atoms with Gasteiger partial charge in [-0.2, -0.15) is 0 Å². The van der Waals surface area contributed by atoms with E-state index < -0.39 is 11.8 Å². The summed E-state index contributed by atoms with van der Waals surface area (Å²) >= 11 is 0. The van der Waals surface area contributed by atoms with Gasteiger partial charge in [0.25, 0.3) is 0 Å². The molecule has 1 aliphatic heterocycles. The summed E-state index contributed by atoms with van der Waals surface area (Å²) in [5.41, 5.74) is -0.386. The van der Waals surface area contributed by atoms with Crippen LogP contribution in [0.5, 0.6) is 0 Å². The van der Waals surface area contributed by atoms with Crippen molar-refractivity contribution in [1.29, 1.82) is 0 Å². The van der Waals surface area contributed by atoms with Crippen LogP contribution in [0.3, 0.4) is 0 Å². The van der Waals surface area contributed by atoms with Crippen LogP contribution in [0, 0.1) is 5.82 Å². The molecule has 20 heavy (non-hydrogen) atoms. The van der Waals surface area contributed by atoms with E-state index in [9.17, 15) is 14.0 Å². The molecule has 0 bridgehead atoms. The number of carbonyl (C=O) groups excluding carboxylic acids is 1. The highest BCUT2D eigenvalue weighted by atomic mass is 19.1. The Morgan fingerprint density at radius 2 is 2.05 bits per heavy atom. The Morgan fingerprint density at radius 3 is 2.70 bits per heavy atom. The number of aromatic nitrogens is 1. The summed E-state index contributed by atoms with van der Waals surface area (Å²) in [6, 6.07) is 1.14. The molecule has 0 radical (unpaired) electrons. The molecule has 1 saturated heterocycles. The van der Waals surface area contributed by atoms with Crippen molar-refractivity contribution in [2.75, 3.05) is 31.1 Å². The number of nitrogens with zero attached hydrogens (tertiary/aromatic N) is 3. The molecular weight excluding hydrogens is 265 g/mol. The van der Waals surface area contributed by atoms with E-state index in [-0.39, 0.29) is 17.3 Å². The Labute approximate surface area is 115 Å². The lowest BCUT2D eigenvalue weighted by molar-refractivity contribution is -0.128. The Kier molecular flexibility index (Phi) is 4.16. The van der Waals surface area contributed by atoms with Crippen molar-refractivity contribution in [3.63, 3.8) is 0 Å². The lowest BCUT2D eigenvalue weighted by atomic mass is 10.2. The fraction of sp³-hybridized carbons (Fsp3) is 0.462. The molecule has 108 valence electrons. The second kappa shape index (κ2) is 5.85. The van der Waals surface area contributed by atoms with Gasteiger partial charge in [-0.05, 0) is 12.5 Å². The fourth-order valence-corrected chi connectivity index (χ4v) is 2.26. The van der Waals surface area contributed by atoms with Gasteiger partial charge in [-0.3, -0.25) is 4.79 Å². The number of pyridine rings is 1. The third-order valence-corrected chi connectivity index (χ3v) is 3.34. The van der Waals surface area contributed by atoms with E-state index in [1.807, 2.05) is 0 Å². The molecular formula is C13H16FN3O3. The molecule has 2 rings (SSSR count). The zero-order chi connectivity index (χ0) is 14.7. The number of rotatable bonds is 2. The lowest BCUT2D eigenvalue weighted by Crippen LogP contribution is -2.34. The first-order valence-electron chi connectivity index (χ1n) is 6.39. The van der Waals surface area contributed by atoms with E-state index in [1.54, 1.807) is 9.80 Å². The van der Waals surface area contributed by atoms with Crippen molar-refractivity contribution in [2.45, 2.75) is 13.3 Å². The SMILES string of the molecule is CC(=O)N1CCCN(c2nccc(C(=O)O)c2F)CC1. The molecule has 2 heterocycles. The van der Waals surface area contributed by atoms with Gasteiger partial charge in [-0.25, -0.2) is 14.2 Å². The summed E-state index contributed by atoms with van der Waals surface area (Å²) in [6.07, 6.45) is 1.98. The number of hydrogen-bond donors (Lipinski definition) is 1. The number of amides is 1. The summed E-state index contributed by atoms with van der Waals surface area (Å²) in [5, 5.41) is 8.92. The molecule has 0 saturated carbocycles. The zero-order valence-electron chi connectivity index (χ0n) is 11.2. The van der Waals surface area contributed by atoms with Crippen LogP contribution in [0.2, 0.25) is 0 Å². The molecule has 1 fully saturated rings. The normalized spacial score (nSPS) is 15.9. The van der Waals surface area contributed by atoms with E-state index >= 15 is 0 Å². The smallest absolute Gasteiger partial charge is 0.338 e. The maximum atomic E-state index is 14.1. The number of carboxylic acids is 1. The first kappa shape index (κ1) is 14.2. The standard InChI is InChI=1S/C13H16FN3O3/c1-9(18)16-5-2-6-17(8-7-16)12-11(14)10(13(19)20)3-4-15-12/h3-4H,2,5-8H2,1H3,(H,19,20). The maximum absolute atomic E-state index is 14.1. The van der Waals surface area contributed by atoms with Gasteiger partial charge in [0.15, 0.2) is 11.6 Å². The van der Waals surface area contributed by atoms with Crippen LogP contribution >= 0.6 is 0 Å². The van der Waals surface area contributed by atoms with Crippen molar-refractivity contribution in [3.05, 3.63) is 23.6 Å². The van der Waals surface area contributed by atoms with E-state index in [1.165, 1.54) is 13.1 Å². The number of anilines is 1. The minimum absolute atomic E-state index is 0.0143. The molecule has 0 unspecified atom stereocenters. The van der Waals surface area contributed by atoms with Gasteiger partial charge in [-0.1, -0.05) is 0 Å². The molecule has 1 aromatic rings. The van der Waals surface area contributed by atoms with Crippen molar-refractivity contribution < 1.29 is 19.1 Å². The van der Waals surface area contributed by atoms with Crippen LogP contribution < -0.4 is 4.90 Å². The van der Waals surface area contributed by atoms with E-state index in [4.69, 9.17) is 5.11 Å². The van der Waals surface area contributed by atoms with Crippen molar-refractivity contribution >= 4 is 17.7 Å². The Bertz CT molecular complexity index is 536. The molecule has 1 aliphatic rings. The van der Waals surface area contributed by atoms with E-state index in [0.29, 0.717) is 32.6 Å². The third kappa shape index (κ3) is 2.87. The van der Waals surface area contributed by atoms with Crippen LogP contribution in [0.4, 0.5) is 10.2 Å². The second-order valence-electron chi connectivity index (χ2n) is 4.65. The Morgan fingerprint density at radius 1 is 1.30 bits per heavy atom. The van der Waals surface area contributed by atoms with Gasteiger partial charge in [0.2, 0.25) is 5.91 Å². The summed E-state index contributed by atoms with van der Waals surface area (Å²) in [4.78, 5) is 29.6. The third-order valence-electron chi connectivity index (χ3n) is 3.34. The first-order chi connectivity index (χ1) is 9.50. The minimum Gasteiger partial charge on any atom is -0.478 e. The molecule has 0 aromatic carbocycles. The number of hydrogen-bond acceptors (Lipinski definition) is 4. The summed E-state index contributed by atoms with van der Waals surface area (Å²) in [6.45, 7) is 3.57. The molecule has 7 heteroatoms. The topological polar surface area (TPSA) is 73.7 Å². The van der Waals surface area contributed by atoms with Gasteiger partial charge in [0, 0.05) is 39.3 Å². The molecule has 0 spiro atoms. The number of carbonyl (C=O) groups is 2. The van der Waals surface area contributed by atoms with Crippen molar-refractivity contribution in [2.24, 2.45) is 0 Å². The molecule has 6 nitrogen and oxygen atoms in total. The van der Waals surface area contributed by atoms with E-state index in [2.05, 4.69) is 4.98 Å². The van der Waals surface area contributed by atoms with Crippen molar-refractivity contribution in [1.82, 2.24) is 9.88 Å². The largest absolute Gasteiger partial charge is 0.478 e. The number of halogens is 1. The van der Waals surface area contributed by atoms with E-state index in [0.717, 1.165) is 6.07 Å². The van der Waals surface area contributed by atoms with Crippen molar-refractivity contribution in [3.8, 4) is 0 Å². The molecule has 1 N–H and O–H groups in total. The number of carboxylic acid groups (broad SMARTS) is 1. The van der Waals surface area contributed by atoms with Crippen LogP contribution in [0.15, 0.2) is 12.3 Å². The van der Waals surface area contributed by atoms with Crippen LogP contribution in [-0.2, 0) is 4.79 Å². The maximum Gasteiger partial charge on any atom is 0.338 e. The Hall–Kier alpha value is -2.18. The van der Waals surface area contributed by atoms with Crippen LogP contribution in [0.25, 0.3) is 0 Å². The summed E-state index contributed by atoms with van der Waals surface area (Å²) < 4.78 is 14.1. The highest BCUT2D eigenvalue weighted by Gasteiger charge is 2.22. The quantitative estimate of drug-likeness (QED) is 0.874. The van der Waals surface area contributed by atoms with Gasteiger partial charge in [-0.15, -0.1) is 0 Å². The molecule has 1 amide bonds. The zero-order valence-corrected chi connectivity index (χ0v) is 11.2. The monoisotopic (exact) mass is 281 g/mol. The van der Waals surface area contributed by atoms with Gasteiger partial charge in [0.05, 0.1) is 0 Å². The van der Waals surface area contributed by atoms with Gasteiger partial charge < -0.3 is 14.9 Å². The minimum atomic E-state index is -1.31. The Balaban J connectivity index is 2.22. The second-order valence-corrected chi connectivity index (χ2v) is 4.65. The predicted octanol–water partition coefficient (Wildman–Crippen LogP) is 0.978. The molecule has 1 aromatic heterocycles. The van der Waals surface area contributed by atoms with Gasteiger partial charge >= 0.3 is 5.97 Å². The lowest BCUT2D eigenvalue weighted by Gasteiger charge is -2.22. The number of aromatic carboxylic acids is 1. The fourth-order valence-electron chi connectivity index (χ4n) is 2.26. The first-order valence-corrected chi connectivity index (χ1v) is 6.39. The highest BCUT2D eigenvalue weighted by molar-refractivity contribution is 5.88. The summed E-state index contributed by atoms with van der Waals surface area (Å²) in [7, 11) is 0. The average Bonchev–Trinajstić information content (AvgIpc) is 2.64. The molecule has 0 aliphatic carbocycles. The highest BCUT2D eigenvalue weighted by Crippen LogP contribution is 2.21. The van der Waals surface area contributed by atoms with Crippen LogP contribution in [-0.4, -0.2) is 53.0 Å². The van der Waals surface area contributed by atoms with Gasteiger partial charge in [0.1, 0.15) is 5.56 Å². The summed E-state index contributed by atoms with van der Waals surface area (Å²) in [5.74, 6) is -2.11. The molecule has 0 atom stereocenters. The predicted molar refractivity (Wildman–Crippen MR) is 70.2 cm³/mol. The van der Waals surface area contributed by atoms with Crippen LogP contribution in [0.1, 0.15) is 23.7 Å².